The fourth-order valence-corrected chi connectivity index (χ4v) is 3.38. The van der Waals surface area contributed by atoms with Gasteiger partial charge in [0.2, 0.25) is 0 Å². The molecule has 1 aromatic heterocycles. The quantitative estimate of drug-likeness (QED) is 0.685. The Bertz CT molecular complexity index is 479. The Labute approximate surface area is 121 Å². The molecule has 0 spiro atoms. The molecule has 18 heavy (non-hydrogen) atoms. The van der Waals surface area contributed by atoms with E-state index in [2.05, 4.69) is 51.6 Å². The zero-order chi connectivity index (χ0) is 13.0. The van der Waals surface area contributed by atoms with Gasteiger partial charge in [-0.25, -0.2) is 0 Å². The summed E-state index contributed by atoms with van der Waals surface area (Å²) >= 11 is 5.56. The van der Waals surface area contributed by atoms with E-state index >= 15 is 0 Å². The first-order valence-electron chi connectivity index (χ1n) is 6.08. The number of thiophene rings is 1. The summed E-state index contributed by atoms with van der Waals surface area (Å²) in [7, 11) is 0. The lowest BCUT2D eigenvalue weighted by molar-refractivity contribution is 0.242. The Kier molecular flexibility index (Phi) is 4.84. The maximum atomic E-state index is 5.72. The van der Waals surface area contributed by atoms with E-state index in [1.165, 1.54) is 10.4 Å². The smallest absolute Gasteiger partial charge is 0.119 e. The molecule has 0 N–H and O–H groups in total. The van der Waals surface area contributed by atoms with Gasteiger partial charge < -0.3 is 4.74 Å². The number of ether oxygens (including phenoxy) is 1. The van der Waals surface area contributed by atoms with Crippen LogP contribution in [0, 0.1) is 0 Å². The Morgan fingerprint density at radius 1 is 1.22 bits per heavy atom. The van der Waals surface area contributed by atoms with Gasteiger partial charge in [0.05, 0.1) is 6.10 Å². The fourth-order valence-electron chi connectivity index (χ4n) is 1.78. The maximum absolute atomic E-state index is 5.72. The highest BCUT2D eigenvalue weighted by molar-refractivity contribution is 9.09. The van der Waals surface area contributed by atoms with E-state index in [4.69, 9.17) is 4.74 Å². The van der Waals surface area contributed by atoms with E-state index in [1.807, 2.05) is 19.9 Å². The van der Waals surface area contributed by atoms with Crippen molar-refractivity contribution < 1.29 is 4.74 Å². The van der Waals surface area contributed by atoms with Crippen molar-refractivity contribution in [2.45, 2.75) is 31.2 Å². The maximum Gasteiger partial charge on any atom is 0.119 e. The third kappa shape index (κ3) is 3.85. The fraction of sp³-hybridized carbons (Fsp3) is 0.333. The predicted octanol–water partition coefficient (Wildman–Crippen LogP) is 5.21. The molecule has 1 unspecified atom stereocenters. The van der Waals surface area contributed by atoms with Crippen LogP contribution in [0.4, 0.5) is 0 Å². The molecule has 0 aliphatic carbocycles. The number of rotatable bonds is 5. The van der Waals surface area contributed by atoms with Gasteiger partial charge in [-0.2, -0.15) is 0 Å². The van der Waals surface area contributed by atoms with Gasteiger partial charge in [0.15, 0.2) is 0 Å². The lowest BCUT2D eigenvalue weighted by Gasteiger charge is -2.13. The second-order valence-corrected chi connectivity index (χ2v) is 6.63. The van der Waals surface area contributed by atoms with Gasteiger partial charge in [-0.3, -0.25) is 0 Å². The monoisotopic (exact) mass is 324 g/mol. The number of alkyl halides is 1. The van der Waals surface area contributed by atoms with Gasteiger partial charge in [-0.1, -0.05) is 34.1 Å². The van der Waals surface area contributed by atoms with Crippen molar-refractivity contribution in [2.75, 3.05) is 0 Å². The molecule has 0 fully saturated rings. The van der Waals surface area contributed by atoms with E-state index < -0.39 is 0 Å². The van der Waals surface area contributed by atoms with E-state index in [9.17, 15) is 0 Å². The average Bonchev–Trinajstić information content (AvgIpc) is 2.81. The van der Waals surface area contributed by atoms with Crippen LogP contribution in [-0.2, 0) is 6.42 Å². The minimum Gasteiger partial charge on any atom is -0.491 e. The number of hydrogen-bond acceptors (Lipinski definition) is 2. The average molecular weight is 325 g/mol. The van der Waals surface area contributed by atoms with Crippen LogP contribution >= 0.6 is 27.3 Å². The summed E-state index contributed by atoms with van der Waals surface area (Å²) in [6.07, 6.45) is 1.23. The molecule has 3 heteroatoms. The summed E-state index contributed by atoms with van der Waals surface area (Å²) in [6, 6.07) is 12.6. The predicted molar refractivity (Wildman–Crippen MR) is 81.9 cm³/mol. The lowest BCUT2D eigenvalue weighted by atomic mass is 10.1. The Balaban J connectivity index is 2.07. The van der Waals surface area contributed by atoms with Crippen LogP contribution in [0.2, 0.25) is 0 Å². The first-order valence-corrected chi connectivity index (χ1v) is 7.88. The van der Waals surface area contributed by atoms with Gasteiger partial charge >= 0.3 is 0 Å². The molecule has 0 aliphatic heterocycles. The van der Waals surface area contributed by atoms with E-state index in [0.29, 0.717) is 4.83 Å². The molecule has 0 aliphatic rings. The highest BCUT2D eigenvalue weighted by atomic mass is 79.9. The van der Waals surface area contributed by atoms with Crippen LogP contribution < -0.4 is 4.74 Å². The van der Waals surface area contributed by atoms with Crippen molar-refractivity contribution in [1.29, 1.82) is 0 Å². The van der Waals surface area contributed by atoms with Crippen molar-refractivity contribution in [1.82, 2.24) is 0 Å². The second kappa shape index (κ2) is 6.39. The topological polar surface area (TPSA) is 9.23 Å². The molecule has 0 amide bonds. The van der Waals surface area contributed by atoms with Crippen molar-refractivity contribution >= 4 is 27.3 Å². The largest absolute Gasteiger partial charge is 0.491 e. The number of halogens is 1. The normalized spacial score (nSPS) is 12.7. The third-order valence-corrected chi connectivity index (χ3v) is 4.30. The van der Waals surface area contributed by atoms with Gasteiger partial charge in [-0.15, -0.1) is 11.3 Å². The summed E-state index contributed by atoms with van der Waals surface area (Å²) in [5, 5.41) is 2.12. The zero-order valence-electron chi connectivity index (χ0n) is 10.6. The second-order valence-electron chi connectivity index (χ2n) is 4.49. The van der Waals surface area contributed by atoms with Crippen LogP contribution in [0.3, 0.4) is 0 Å². The Morgan fingerprint density at radius 2 is 2.06 bits per heavy atom. The summed E-state index contributed by atoms with van der Waals surface area (Å²) in [4.78, 5) is 1.74. The molecule has 2 aromatic rings. The van der Waals surface area contributed by atoms with Crippen LogP contribution in [0.1, 0.15) is 29.1 Å². The minimum atomic E-state index is 0.214. The summed E-state index contributed by atoms with van der Waals surface area (Å²) in [6.45, 7) is 4.09. The minimum absolute atomic E-state index is 0.214. The highest BCUT2D eigenvalue weighted by Gasteiger charge is 2.10. The molecule has 0 bridgehead atoms. The number of hydrogen-bond donors (Lipinski definition) is 0. The van der Waals surface area contributed by atoms with Crippen LogP contribution in [0.25, 0.3) is 0 Å². The van der Waals surface area contributed by atoms with Crippen LogP contribution in [-0.4, -0.2) is 6.10 Å². The first-order chi connectivity index (χ1) is 8.65. The molecule has 0 radical (unpaired) electrons. The Hall–Kier alpha value is -0.800. The molecule has 0 saturated carbocycles. The molecule has 1 atom stereocenters. The lowest BCUT2D eigenvalue weighted by Crippen LogP contribution is -2.06. The highest BCUT2D eigenvalue weighted by Crippen LogP contribution is 2.30. The van der Waals surface area contributed by atoms with Crippen molar-refractivity contribution in [3.63, 3.8) is 0 Å². The molecular formula is C15H17BrOS. The van der Waals surface area contributed by atoms with E-state index in [0.717, 1.165) is 12.2 Å². The van der Waals surface area contributed by atoms with E-state index in [1.54, 1.807) is 11.3 Å². The third-order valence-electron chi connectivity index (χ3n) is 2.55. The van der Waals surface area contributed by atoms with Crippen LogP contribution in [0.5, 0.6) is 5.75 Å². The molecule has 2 rings (SSSR count). The van der Waals surface area contributed by atoms with Gasteiger partial charge in [-0.05, 0) is 49.4 Å². The first kappa shape index (κ1) is 13.6. The molecule has 1 heterocycles. The van der Waals surface area contributed by atoms with Gasteiger partial charge in [0.1, 0.15) is 5.75 Å². The Morgan fingerprint density at radius 3 is 2.72 bits per heavy atom. The summed E-state index contributed by atoms with van der Waals surface area (Å²) in [5.41, 5.74) is 1.27. The molecule has 1 nitrogen and oxygen atoms in total. The molecule has 1 aromatic carbocycles. The zero-order valence-corrected chi connectivity index (χ0v) is 13.0. The standard InChI is InChI=1S/C15H17BrOS/c1-11(2)17-13-6-3-5-12(9-13)15(16)10-14-7-4-8-18-14/h3-9,11,15H,10H2,1-2H3. The molecule has 96 valence electrons. The number of benzene rings is 1. The SMILES string of the molecule is CC(C)Oc1cccc(C(Br)Cc2cccs2)c1. The summed E-state index contributed by atoms with van der Waals surface area (Å²) in [5.74, 6) is 0.943. The van der Waals surface area contributed by atoms with Gasteiger partial charge in [0, 0.05) is 9.70 Å². The van der Waals surface area contributed by atoms with E-state index in [-0.39, 0.29) is 6.10 Å². The molecule has 0 saturated heterocycles. The van der Waals surface area contributed by atoms with Crippen LogP contribution in [0.15, 0.2) is 41.8 Å². The van der Waals surface area contributed by atoms with Crippen molar-refractivity contribution in [3.8, 4) is 5.75 Å². The van der Waals surface area contributed by atoms with Crippen molar-refractivity contribution in [2.24, 2.45) is 0 Å². The molecular weight excluding hydrogens is 308 g/mol. The van der Waals surface area contributed by atoms with Crippen molar-refractivity contribution in [3.05, 3.63) is 52.2 Å². The van der Waals surface area contributed by atoms with Gasteiger partial charge in [0.25, 0.3) is 0 Å². The summed E-state index contributed by atoms with van der Waals surface area (Å²) < 4.78 is 5.72.